The van der Waals surface area contributed by atoms with E-state index in [1.165, 1.54) is 24.3 Å². The number of carbonyl (C=O) groups excluding carboxylic acids is 4. The summed E-state index contributed by atoms with van der Waals surface area (Å²) in [7, 11) is 0. The number of amides is 4. The number of hydrogen-bond donors (Lipinski definition) is 2. The fourth-order valence-electron chi connectivity index (χ4n) is 3.16. The maximum atomic E-state index is 13.1. The quantitative estimate of drug-likeness (QED) is 0.578. The third-order valence-electron chi connectivity index (χ3n) is 4.95. The van der Waals surface area contributed by atoms with Crippen LogP contribution in [-0.4, -0.2) is 47.0 Å². The minimum Gasteiger partial charge on any atom is -0.353 e. The Morgan fingerprint density at radius 3 is 2.36 bits per heavy atom. The second-order valence-electron chi connectivity index (χ2n) is 7.74. The van der Waals surface area contributed by atoms with Gasteiger partial charge in [-0.15, -0.1) is 0 Å². The average Bonchev–Trinajstić information content (AvgIpc) is 3.05. The highest BCUT2D eigenvalue weighted by Gasteiger charge is 2.35. The fraction of sp³-hybridized carbons (Fsp3) is 0.250. The van der Waals surface area contributed by atoms with Gasteiger partial charge in [0.15, 0.2) is 0 Å². The van der Waals surface area contributed by atoms with Crippen molar-refractivity contribution in [1.82, 2.24) is 15.5 Å². The minimum absolute atomic E-state index is 0.0132. The minimum atomic E-state index is -0.838. The van der Waals surface area contributed by atoms with Crippen LogP contribution in [0.4, 0.5) is 9.18 Å². The first-order valence-electron chi connectivity index (χ1n) is 10.4. The Bertz CT molecular complexity index is 1070. The predicted octanol–water partition coefficient (Wildman–Crippen LogP) is 3.43. The standard InChI is InChI=1S/C24H24FN3O4S/c1-15(2)20(27-21(29)17-8-10-18(25)11-9-17)22(30)26-12-13-28-23(31)19(33-24(28)32)14-16-6-4-3-5-7-16/h3-11,14-15,20H,12-13H2,1-2H3,(H,26,30)(H,27,29)/b19-14+/t20-/m1/s1. The highest BCUT2D eigenvalue weighted by Crippen LogP contribution is 2.31. The summed E-state index contributed by atoms with van der Waals surface area (Å²) in [4.78, 5) is 51.3. The third kappa shape index (κ3) is 6.29. The summed E-state index contributed by atoms with van der Waals surface area (Å²) in [6.07, 6.45) is 1.66. The van der Waals surface area contributed by atoms with E-state index in [2.05, 4.69) is 10.6 Å². The second kappa shape index (κ2) is 10.9. The van der Waals surface area contributed by atoms with Gasteiger partial charge in [-0.05, 0) is 53.6 Å². The van der Waals surface area contributed by atoms with E-state index in [1.807, 2.05) is 30.3 Å². The molecule has 172 valence electrons. The van der Waals surface area contributed by atoms with Gasteiger partial charge in [0.05, 0.1) is 4.91 Å². The van der Waals surface area contributed by atoms with Gasteiger partial charge < -0.3 is 10.6 Å². The number of nitrogens with one attached hydrogen (secondary N) is 2. The first-order valence-corrected chi connectivity index (χ1v) is 11.2. The van der Waals surface area contributed by atoms with E-state index < -0.39 is 34.8 Å². The summed E-state index contributed by atoms with van der Waals surface area (Å²) in [6, 6.07) is 13.4. The van der Waals surface area contributed by atoms with Crippen molar-refractivity contribution < 1.29 is 23.6 Å². The molecule has 2 N–H and O–H groups in total. The molecule has 0 spiro atoms. The largest absolute Gasteiger partial charge is 0.353 e. The molecule has 33 heavy (non-hydrogen) atoms. The summed E-state index contributed by atoms with van der Waals surface area (Å²) in [5.41, 5.74) is 1.05. The van der Waals surface area contributed by atoms with E-state index in [0.717, 1.165) is 22.2 Å². The van der Waals surface area contributed by atoms with Crippen LogP contribution in [0.25, 0.3) is 6.08 Å². The molecule has 7 nitrogen and oxygen atoms in total. The zero-order valence-corrected chi connectivity index (χ0v) is 19.0. The molecule has 9 heteroatoms. The van der Waals surface area contributed by atoms with Crippen molar-refractivity contribution in [2.24, 2.45) is 5.92 Å². The predicted molar refractivity (Wildman–Crippen MR) is 125 cm³/mol. The molecule has 0 saturated carbocycles. The average molecular weight is 470 g/mol. The summed E-state index contributed by atoms with van der Waals surface area (Å²) < 4.78 is 13.1. The lowest BCUT2D eigenvalue weighted by molar-refractivity contribution is -0.125. The highest BCUT2D eigenvalue weighted by molar-refractivity contribution is 8.18. The van der Waals surface area contributed by atoms with E-state index in [1.54, 1.807) is 19.9 Å². The molecule has 0 aliphatic carbocycles. The molecular weight excluding hydrogens is 445 g/mol. The van der Waals surface area contributed by atoms with Gasteiger partial charge in [-0.2, -0.15) is 0 Å². The van der Waals surface area contributed by atoms with Crippen LogP contribution in [0.1, 0.15) is 29.8 Å². The van der Waals surface area contributed by atoms with E-state index in [0.29, 0.717) is 4.91 Å². The van der Waals surface area contributed by atoms with Crippen molar-refractivity contribution in [2.75, 3.05) is 13.1 Å². The van der Waals surface area contributed by atoms with Gasteiger partial charge in [0.1, 0.15) is 11.9 Å². The molecule has 3 rings (SSSR count). The Morgan fingerprint density at radius 1 is 1.06 bits per heavy atom. The van der Waals surface area contributed by atoms with E-state index >= 15 is 0 Å². The van der Waals surface area contributed by atoms with Crippen LogP contribution in [0.5, 0.6) is 0 Å². The monoisotopic (exact) mass is 469 g/mol. The van der Waals surface area contributed by atoms with Crippen LogP contribution in [-0.2, 0) is 9.59 Å². The molecule has 0 radical (unpaired) electrons. The van der Waals surface area contributed by atoms with Crippen LogP contribution in [0, 0.1) is 11.7 Å². The Hall–Kier alpha value is -3.46. The topological polar surface area (TPSA) is 95.6 Å². The number of imide groups is 1. The van der Waals surface area contributed by atoms with E-state index in [4.69, 9.17) is 0 Å². The van der Waals surface area contributed by atoms with Gasteiger partial charge in [-0.25, -0.2) is 4.39 Å². The molecule has 1 saturated heterocycles. The number of benzene rings is 2. The molecule has 1 heterocycles. The van der Waals surface area contributed by atoms with Gasteiger partial charge in [-0.3, -0.25) is 24.1 Å². The van der Waals surface area contributed by atoms with Gasteiger partial charge in [0.2, 0.25) is 5.91 Å². The lowest BCUT2D eigenvalue weighted by Gasteiger charge is -2.22. The maximum absolute atomic E-state index is 13.1. The molecule has 0 bridgehead atoms. The van der Waals surface area contributed by atoms with Gasteiger partial charge in [0, 0.05) is 18.7 Å². The maximum Gasteiger partial charge on any atom is 0.293 e. The second-order valence-corrected chi connectivity index (χ2v) is 8.73. The van der Waals surface area contributed by atoms with Crippen molar-refractivity contribution in [3.05, 3.63) is 76.4 Å². The van der Waals surface area contributed by atoms with Crippen LogP contribution < -0.4 is 10.6 Å². The van der Waals surface area contributed by atoms with Gasteiger partial charge >= 0.3 is 0 Å². The SMILES string of the molecule is CC(C)[C@@H](NC(=O)c1ccc(F)cc1)C(=O)NCCN1C(=O)S/C(=C/c2ccccc2)C1=O. The highest BCUT2D eigenvalue weighted by atomic mass is 32.2. The van der Waals surface area contributed by atoms with Crippen molar-refractivity contribution in [2.45, 2.75) is 19.9 Å². The summed E-state index contributed by atoms with van der Waals surface area (Å²) in [6.45, 7) is 3.62. The van der Waals surface area contributed by atoms with Crippen LogP contribution in [0.3, 0.4) is 0 Å². The van der Waals surface area contributed by atoms with Gasteiger partial charge in [-0.1, -0.05) is 44.2 Å². The summed E-state index contributed by atoms with van der Waals surface area (Å²) in [5.74, 6) is -2.03. The Kier molecular flexibility index (Phi) is 8.00. The molecule has 1 aliphatic heterocycles. The zero-order chi connectivity index (χ0) is 24.0. The number of carbonyl (C=O) groups is 4. The normalized spacial score (nSPS) is 15.8. The van der Waals surface area contributed by atoms with Crippen molar-refractivity contribution in [3.8, 4) is 0 Å². The molecule has 2 aromatic rings. The number of halogens is 1. The molecule has 0 unspecified atom stereocenters. The zero-order valence-electron chi connectivity index (χ0n) is 18.2. The molecular formula is C24H24FN3O4S. The molecule has 2 aromatic carbocycles. The third-order valence-corrected chi connectivity index (χ3v) is 5.86. The summed E-state index contributed by atoms with van der Waals surface area (Å²) >= 11 is 0.856. The number of thioether (sulfide) groups is 1. The van der Waals surface area contributed by atoms with Crippen LogP contribution in [0.2, 0.25) is 0 Å². The van der Waals surface area contributed by atoms with Crippen molar-refractivity contribution >= 4 is 40.8 Å². The molecule has 1 aliphatic rings. The fourth-order valence-corrected chi connectivity index (χ4v) is 4.02. The van der Waals surface area contributed by atoms with E-state index in [-0.39, 0.29) is 24.6 Å². The first-order chi connectivity index (χ1) is 15.8. The van der Waals surface area contributed by atoms with Crippen molar-refractivity contribution in [1.29, 1.82) is 0 Å². The first kappa shape index (κ1) is 24.2. The number of hydrogen-bond acceptors (Lipinski definition) is 5. The van der Waals surface area contributed by atoms with Gasteiger partial charge in [0.25, 0.3) is 17.1 Å². The van der Waals surface area contributed by atoms with E-state index in [9.17, 15) is 23.6 Å². The number of nitrogens with zero attached hydrogens (tertiary/aromatic N) is 1. The van der Waals surface area contributed by atoms with Crippen LogP contribution >= 0.6 is 11.8 Å². The number of rotatable bonds is 8. The van der Waals surface area contributed by atoms with Crippen LogP contribution in [0.15, 0.2) is 59.5 Å². The smallest absolute Gasteiger partial charge is 0.293 e. The van der Waals surface area contributed by atoms with Crippen molar-refractivity contribution in [3.63, 3.8) is 0 Å². The Balaban J connectivity index is 1.56. The lowest BCUT2D eigenvalue weighted by Crippen LogP contribution is -2.51. The Labute approximate surface area is 195 Å². The Morgan fingerprint density at radius 2 is 1.73 bits per heavy atom. The lowest BCUT2D eigenvalue weighted by atomic mass is 10.0. The molecule has 4 amide bonds. The molecule has 1 fully saturated rings. The molecule has 0 aromatic heterocycles. The molecule has 1 atom stereocenters. The summed E-state index contributed by atoms with van der Waals surface area (Å²) in [5, 5.41) is 4.92.